The molecule has 0 radical (unpaired) electrons. The minimum Gasteiger partial charge on any atom is -0.406 e. The first-order chi connectivity index (χ1) is 13.8. The lowest BCUT2D eigenvalue weighted by atomic mass is 10.2. The van der Waals surface area contributed by atoms with Gasteiger partial charge in [-0.25, -0.2) is 4.68 Å². The van der Waals surface area contributed by atoms with Gasteiger partial charge in [0.15, 0.2) is 5.82 Å². The molecular weight excluding hydrogens is 389 g/mol. The Morgan fingerprint density at radius 1 is 1.14 bits per heavy atom. The lowest BCUT2D eigenvalue weighted by Gasteiger charge is -2.10. The summed E-state index contributed by atoms with van der Waals surface area (Å²) in [6.07, 6.45) is -3.04. The number of halogens is 3. The maximum absolute atomic E-state index is 12.3. The first-order valence-corrected chi connectivity index (χ1v) is 8.54. The summed E-state index contributed by atoms with van der Waals surface area (Å²) in [7, 11) is 0. The molecule has 11 heteroatoms. The van der Waals surface area contributed by atoms with Crippen LogP contribution in [0.15, 0.2) is 48.7 Å². The molecule has 3 aromatic rings. The molecular formula is C18H17F3N6O2. The molecule has 1 aromatic carbocycles. The van der Waals surface area contributed by atoms with Crippen molar-refractivity contribution in [2.24, 2.45) is 0 Å². The number of carbonyl (C=O) groups is 1. The summed E-state index contributed by atoms with van der Waals surface area (Å²) < 4.78 is 42.2. The molecule has 0 aliphatic heterocycles. The number of nitrogens with zero attached hydrogens (tertiary/aromatic N) is 4. The molecule has 3 rings (SSSR count). The summed E-state index contributed by atoms with van der Waals surface area (Å²) in [4.78, 5) is 12.1. The number of aryl methyl sites for hydroxylation is 1. The third kappa shape index (κ3) is 5.92. The van der Waals surface area contributed by atoms with Crippen LogP contribution in [-0.4, -0.2) is 45.3 Å². The second kappa shape index (κ2) is 8.59. The Morgan fingerprint density at radius 3 is 2.62 bits per heavy atom. The molecule has 2 heterocycles. The average molecular weight is 406 g/mol. The monoisotopic (exact) mass is 406 g/mol. The van der Waals surface area contributed by atoms with Crippen molar-refractivity contribution < 1.29 is 22.7 Å². The Labute approximate surface area is 163 Å². The van der Waals surface area contributed by atoms with Gasteiger partial charge in [-0.2, -0.15) is 5.10 Å². The molecule has 0 unspecified atom stereocenters. The van der Waals surface area contributed by atoms with Crippen molar-refractivity contribution in [3.05, 3.63) is 59.9 Å². The van der Waals surface area contributed by atoms with E-state index in [-0.39, 0.29) is 12.1 Å². The molecule has 0 atom stereocenters. The first-order valence-electron chi connectivity index (χ1n) is 8.54. The molecule has 0 spiro atoms. The smallest absolute Gasteiger partial charge is 0.406 e. The van der Waals surface area contributed by atoms with E-state index in [1.807, 2.05) is 13.0 Å². The summed E-state index contributed by atoms with van der Waals surface area (Å²) in [5.41, 5.74) is 0.922. The lowest BCUT2D eigenvalue weighted by molar-refractivity contribution is -0.274. The zero-order chi connectivity index (χ0) is 20.9. The number of rotatable bonds is 7. The molecule has 0 bridgehead atoms. The number of hydrogen-bond acceptors (Lipinski definition) is 6. The van der Waals surface area contributed by atoms with Gasteiger partial charge in [-0.1, -0.05) is 6.07 Å². The van der Waals surface area contributed by atoms with Gasteiger partial charge in [0.1, 0.15) is 11.6 Å². The van der Waals surface area contributed by atoms with Gasteiger partial charge < -0.3 is 15.4 Å². The second-order valence-electron chi connectivity index (χ2n) is 5.94. The lowest BCUT2D eigenvalue weighted by Crippen LogP contribution is -2.29. The zero-order valence-corrected chi connectivity index (χ0v) is 15.3. The first kappa shape index (κ1) is 20.1. The summed E-state index contributed by atoms with van der Waals surface area (Å²) >= 11 is 0. The van der Waals surface area contributed by atoms with Crippen molar-refractivity contribution in [2.75, 3.05) is 18.4 Å². The van der Waals surface area contributed by atoms with Crippen LogP contribution >= 0.6 is 0 Å². The number of aromatic nitrogens is 4. The second-order valence-corrected chi connectivity index (χ2v) is 5.94. The van der Waals surface area contributed by atoms with Gasteiger partial charge in [-0.05, 0) is 43.3 Å². The van der Waals surface area contributed by atoms with Gasteiger partial charge in [-0.3, -0.25) is 4.79 Å². The Balaban J connectivity index is 1.46. The minimum atomic E-state index is -4.81. The minimum absolute atomic E-state index is 0.0606. The number of amides is 1. The van der Waals surface area contributed by atoms with Crippen LogP contribution < -0.4 is 15.4 Å². The van der Waals surface area contributed by atoms with E-state index in [0.29, 0.717) is 18.2 Å². The standard InChI is InChI=1S/C18H17F3N6O2/c1-12-7-10-27(26-12)16-6-5-15(24-25-16)22-8-9-23-17(28)13-3-2-4-14(11-13)29-18(19,20)21/h2-7,10-11H,8-9H2,1H3,(H,22,24)(H,23,28). The van der Waals surface area contributed by atoms with E-state index in [1.165, 1.54) is 12.1 Å². The number of hydrogen-bond donors (Lipinski definition) is 2. The van der Waals surface area contributed by atoms with Crippen molar-refractivity contribution in [2.45, 2.75) is 13.3 Å². The topological polar surface area (TPSA) is 94.0 Å². The molecule has 29 heavy (non-hydrogen) atoms. The number of alkyl halides is 3. The van der Waals surface area contributed by atoms with E-state index in [0.717, 1.165) is 17.8 Å². The van der Waals surface area contributed by atoms with Crippen LogP contribution in [0.5, 0.6) is 5.75 Å². The molecule has 8 nitrogen and oxygen atoms in total. The number of anilines is 1. The number of nitrogens with one attached hydrogen (secondary N) is 2. The van der Waals surface area contributed by atoms with E-state index in [4.69, 9.17) is 0 Å². The normalized spacial score (nSPS) is 11.2. The summed E-state index contributed by atoms with van der Waals surface area (Å²) in [5.74, 6) is 0.103. The van der Waals surface area contributed by atoms with Crippen molar-refractivity contribution in [3.63, 3.8) is 0 Å². The van der Waals surface area contributed by atoms with Crippen LogP contribution in [-0.2, 0) is 0 Å². The molecule has 0 saturated carbocycles. The molecule has 0 aliphatic carbocycles. The van der Waals surface area contributed by atoms with Crippen LogP contribution in [0, 0.1) is 6.92 Å². The zero-order valence-electron chi connectivity index (χ0n) is 15.3. The maximum atomic E-state index is 12.3. The van der Waals surface area contributed by atoms with E-state index < -0.39 is 18.0 Å². The fourth-order valence-corrected chi connectivity index (χ4v) is 2.39. The maximum Gasteiger partial charge on any atom is 0.573 e. The predicted octanol–water partition coefficient (Wildman–Crippen LogP) is 2.71. The SMILES string of the molecule is Cc1ccn(-c2ccc(NCCNC(=O)c3cccc(OC(F)(F)F)c3)nn2)n1. The fourth-order valence-electron chi connectivity index (χ4n) is 2.39. The third-order valence-corrected chi connectivity index (χ3v) is 3.65. The summed E-state index contributed by atoms with van der Waals surface area (Å²) in [6, 6.07) is 10.2. The highest BCUT2D eigenvalue weighted by atomic mass is 19.4. The molecule has 1 amide bonds. The Hall–Kier alpha value is -3.63. The Bertz CT molecular complexity index is 972. The van der Waals surface area contributed by atoms with Gasteiger partial charge >= 0.3 is 6.36 Å². The highest BCUT2D eigenvalue weighted by Crippen LogP contribution is 2.23. The van der Waals surface area contributed by atoms with E-state index in [9.17, 15) is 18.0 Å². The van der Waals surface area contributed by atoms with Crippen LogP contribution in [0.25, 0.3) is 5.82 Å². The molecule has 0 fully saturated rings. The average Bonchev–Trinajstić information content (AvgIpc) is 3.11. The van der Waals surface area contributed by atoms with E-state index >= 15 is 0 Å². The molecule has 2 aromatic heterocycles. The van der Waals surface area contributed by atoms with Gasteiger partial charge in [0.05, 0.1) is 5.69 Å². The number of carbonyl (C=O) groups excluding carboxylic acids is 1. The van der Waals surface area contributed by atoms with Gasteiger partial charge in [0.25, 0.3) is 5.91 Å². The largest absolute Gasteiger partial charge is 0.573 e. The number of benzene rings is 1. The van der Waals surface area contributed by atoms with E-state index in [2.05, 4.69) is 30.7 Å². The van der Waals surface area contributed by atoms with Crippen molar-refractivity contribution in [1.82, 2.24) is 25.3 Å². The van der Waals surface area contributed by atoms with Crippen molar-refractivity contribution in [3.8, 4) is 11.6 Å². The van der Waals surface area contributed by atoms with Crippen LogP contribution in [0.4, 0.5) is 19.0 Å². The van der Waals surface area contributed by atoms with Gasteiger partial charge in [-0.15, -0.1) is 23.4 Å². The van der Waals surface area contributed by atoms with Crippen molar-refractivity contribution in [1.29, 1.82) is 0 Å². The van der Waals surface area contributed by atoms with Crippen LogP contribution in [0.2, 0.25) is 0 Å². The highest BCUT2D eigenvalue weighted by molar-refractivity contribution is 5.94. The summed E-state index contributed by atoms with van der Waals surface area (Å²) in [6.45, 7) is 2.44. The fraction of sp³-hybridized carbons (Fsp3) is 0.222. The molecule has 152 valence electrons. The van der Waals surface area contributed by atoms with Crippen LogP contribution in [0.3, 0.4) is 0 Å². The third-order valence-electron chi connectivity index (χ3n) is 3.65. The quantitative estimate of drug-likeness (QED) is 0.586. The predicted molar refractivity (Wildman–Crippen MR) is 97.8 cm³/mol. The summed E-state index contributed by atoms with van der Waals surface area (Å²) in [5, 5.41) is 17.9. The Morgan fingerprint density at radius 2 is 1.97 bits per heavy atom. The highest BCUT2D eigenvalue weighted by Gasteiger charge is 2.31. The van der Waals surface area contributed by atoms with Crippen LogP contribution in [0.1, 0.15) is 16.1 Å². The molecule has 2 N–H and O–H groups in total. The Kier molecular flexibility index (Phi) is 5.96. The molecule has 0 saturated heterocycles. The van der Waals surface area contributed by atoms with Crippen molar-refractivity contribution >= 4 is 11.7 Å². The number of ether oxygens (including phenoxy) is 1. The van der Waals surface area contributed by atoms with E-state index in [1.54, 1.807) is 23.0 Å². The van der Waals surface area contributed by atoms with Gasteiger partial charge in [0.2, 0.25) is 0 Å². The molecule has 0 aliphatic rings. The van der Waals surface area contributed by atoms with Gasteiger partial charge in [0, 0.05) is 24.8 Å².